The molecule has 4 aromatic rings. The molecule has 0 bridgehead atoms. The zero-order valence-electron chi connectivity index (χ0n) is 25.0. The van der Waals surface area contributed by atoms with Crippen LogP contribution in [0.15, 0.2) is 78.0 Å². The first-order valence-corrected chi connectivity index (χ1v) is 15.4. The van der Waals surface area contributed by atoms with Crippen molar-refractivity contribution < 1.29 is 32.2 Å². The molecular formula is C32H29F3N6O4S. The lowest BCUT2D eigenvalue weighted by molar-refractivity contribution is -0.274. The van der Waals surface area contributed by atoms with Crippen LogP contribution in [0, 0.1) is 0 Å². The molecule has 1 aromatic heterocycles. The summed E-state index contributed by atoms with van der Waals surface area (Å²) < 4.78 is 48.0. The topological polar surface area (TPSA) is 111 Å². The van der Waals surface area contributed by atoms with Crippen molar-refractivity contribution in [2.24, 2.45) is 4.99 Å². The first-order chi connectivity index (χ1) is 22.0. The second kappa shape index (κ2) is 12.5. The molecule has 2 unspecified atom stereocenters. The van der Waals surface area contributed by atoms with Gasteiger partial charge in [0.15, 0.2) is 11.0 Å². The highest BCUT2D eigenvalue weighted by molar-refractivity contribution is 8.15. The zero-order valence-corrected chi connectivity index (χ0v) is 25.8. The summed E-state index contributed by atoms with van der Waals surface area (Å²) in [4.78, 5) is 35.9. The predicted octanol–water partition coefficient (Wildman–Crippen LogP) is 6.67. The van der Waals surface area contributed by atoms with Crippen molar-refractivity contribution in [3.63, 3.8) is 0 Å². The number of benzene rings is 3. The highest BCUT2D eigenvalue weighted by Crippen LogP contribution is 2.41. The maximum absolute atomic E-state index is 12.9. The van der Waals surface area contributed by atoms with Gasteiger partial charge in [0.1, 0.15) is 17.8 Å². The van der Waals surface area contributed by atoms with Crippen molar-refractivity contribution in [3.8, 4) is 28.6 Å². The normalized spacial score (nSPS) is 18.7. The number of nitrogens with one attached hydrogen (secondary N) is 1. The van der Waals surface area contributed by atoms with E-state index < -0.39 is 12.4 Å². The van der Waals surface area contributed by atoms with Crippen molar-refractivity contribution in [2.75, 3.05) is 17.8 Å². The minimum Gasteiger partial charge on any atom is -0.497 e. The average molecular weight is 651 g/mol. The lowest BCUT2D eigenvalue weighted by Crippen LogP contribution is -2.32. The monoisotopic (exact) mass is 650 g/mol. The van der Waals surface area contributed by atoms with E-state index in [1.54, 1.807) is 13.2 Å². The quantitative estimate of drug-likeness (QED) is 0.227. The number of alkyl halides is 3. The minimum absolute atomic E-state index is 0.0907. The minimum atomic E-state index is -4.76. The molecule has 0 radical (unpaired) electrons. The highest BCUT2D eigenvalue weighted by atomic mass is 32.2. The second-order valence-corrected chi connectivity index (χ2v) is 12.0. The molecule has 0 spiro atoms. The molecule has 1 N–H and O–H groups in total. The number of aliphatic imine (C=N–C) groups is 1. The van der Waals surface area contributed by atoms with E-state index in [-0.39, 0.29) is 35.3 Å². The Morgan fingerprint density at radius 3 is 2.46 bits per heavy atom. The third-order valence-corrected chi connectivity index (χ3v) is 8.51. The van der Waals surface area contributed by atoms with Gasteiger partial charge in [-0.2, -0.15) is 4.99 Å². The maximum atomic E-state index is 12.9. The molecule has 238 valence electrons. The number of aromatic nitrogens is 3. The van der Waals surface area contributed by atoms with E-state index in [1.807, 2.05) is 50.2 Å². The molecule has 3 aromatic carbocycles. The zero-order chi connectivity index (χ0) is 32.6. The number of carbonyl (C=O) groups is 2. The smallest absolute Gasteiger partial charge is 0.497 e. The van der Waals surface area contributed by atoms with Gasteiger partial charge in [0.2, 0.25) is 5.91 Å². The van der Waals surface area contributed by atoms with Crippen LogP contribution in [0.4, 0.5) is 23.7 Å². The van der Waals surface area contributed by atoms with Crippen LogP contribution in [0.25, 0.3) is 17.1 Å². The summed E-state index contributed by atoms with van der Waals surface area (Å²) in [6.07, 6.45) is -2.53. The molecule has 2 atom stereocenters. The Balaban J connectivity index is 1.08. The summed E-state index contributed by atoms with van der Waals surface area (Å²) in [6, 6.07) is 17.9. The van der Waals surface area contributed by atoms with Gasteiger partial charge < -0.3 is 14.8 Å². The lowest BCUT2D eigenvalue weighted by atomic mass is 10.00. The van der Waals surface area contributed by atoms with E-state index in [0.717, 1.165) is 23.1 Å². The third-order valence-electron chi connectivity index (χ3n) is 7.58. The molecule has 1 aliphatic carbocycles. The van der Waals surface area contributed by atoms with Gasteiger partial charge in [-0.15, -0.1) is 18.3 Å². The van der Waals surface area contributed by atoms with Crippen LogP contribution in [-0.2, 0) is 4.79 Å². The summed E-state index contributed by atoms with van der Waals surface area (Å²) in [7, 11) is 1.59. The predicted molar refractivity (Wildman–Crippen MR) is 168 cm³/mol. The van der Waals surface area contributed by atoms with Gasteiger partial charge in [-0.25, -0.2) is 14.5 Å². The molecule has 1 saturated heterocycles. The Morgan fingerprint density at radius 2 is 1.78 bits per heavy atom. The lowest BCUT2D eigenvalue weighted by Gasteiger charge is -2.22. The molecule has 1 aliphatic heterocycles. The third kappa shape index (κ3) is 6.86. The average Bonchev–Trinajstić information content (AvgIpc) is 3.43. The van der Waals surface area contributed by atoms with E-state index >= 15 is 0 Å². The molecule has 46 heavy (non-hydrogen) atoms. The Morgan fingerprint density at radius 1 is 1.07 bits per heavy atom. The molecule has 6 rings (SSSR count). The van der Waals surface area contributed by atoms with Gasteiger partial charge >= 0.3 is 12.4 Å². The first-order valence-electron chi connectivity index (χ1n) is 14.4. The van der Waals surface area contributed by atoms with Crippen LogP contribution < -0.4 is 19.7 Å². The number of hydrogen-bond donors (Lipinski definition) is 1. The van der Waals surface area contributed by atoms with Crippen LogP contribution >= 0.6 is 11.8 Å². The van der Waals surface area contributed by atoms with Gasteiger partial charge in [0.05, 0.1) is 24.2 Å². The van der Waals surface area contributed by atoms with Crippen molar-refractivity contribution in [1.82, 2.24) is 20.1 Å². The Labute approximate surface area is 266 Å². The van der Waals surface area contributed by atoms with Crippen LogP contribution in [0.2, 0.25) is 0 Å². The number of hydrogen-bond acceptors (Lipinski definition) is 7. The molecule has 2 aliphatic rings. The number of rotatable bonds is 8. The van der Waals surface area contributed by atoms with Gasteiger partial charge in [-0.1, -0.05) is 49.9 Å². The Bertz CT molecular complexity index is 1790. The van der Waals surface area contributed by atoms with Crippen LogP contribution in [-0.4, -0.2) is 57.1 Å². The van der Waals surface area contributed by atoms with Crippen molar-refractivity contribution >= 4 is 34.6 Å². The standard InChI is InChI=1S/C32H29F3N6O4S/c1-18(2)24-14-23(44-3)12-13-27(24)41-28(42)16-46-31(41)38-30(43)37-26-15-25(26)19-4-6-20(7-5-19)29-36-17-40(39-29)21-8-10-22(11-9-21)45-32(33,34)35/h4-14,17-18,25-26H,15-16H2,1-3H3,(H,37,43)/b38-31-. The second-order valence-electron chi connectivity index (χ2n) is 11.1. The summed E-state index contributed by atoms with van der Waals surface area (Å²) in [5, 5.41) is 7.74. The molecule has 2 heterocycles. The number of amidine groups is 1. The number of nitrogens with zero attached hydrogens (tertiary/aromatic N) is 5. The van der Waals surface area contributed by atoms with E-state index in [2.05, 4.69) is 25.1 Å². The fourth-order valence-electron chi connectivity index (χ4n) is 5.21. The molecule has 2 fully saturated rings. The van der Waals surface area contributed by atoms with Crippen LogP contribution in [0.5, 0.6) is 11.5 Å². The largest absolute Gasteiger partial charge is 0.573 e. The van der Waals surface area contributed by atoms with Gasteiger partial charge in [-0.3, -0.25) is 9.69 Å². The summed E-state index contributed by atoms with van der Waals surface area (Å²) in [5.74, 6) is 1.11. The number of anilines is 1. The molecule has 3 amide bonds. The number of urea groups is 1. The number of halogens is 3. The number of methoxy groups -OCH3 is 1. The van der Waals surface area contributed by atoms with Gasteiger partial charge in [0.25, 0.3) is 0 Å². The number of carbonyl (C=O) groups excluding carboxylic acids is 2. The van der Waals surface area contributed by atoms with E-state index in [4.69, 9.17) is 4.74 Å². The fourth-order valence-corrected chi connectivity index (χ4v) is 6.07. The Hall–Kier alpha value is -4.85. The number of amides is 3. The Kier molecular flexibility index (Phi) is 8.47. The van der Waals surface area contributed by atoms with E-state index in [9.17, 15) is 22.8 Å². The van der Waals surface area contributed by atoms with Crippen LogP contribution in [0.1, 0.15) is 43.2 Å². The SMILES string of the molecule is COc1ccc(N2C(=O)CS/C2=N\C(=O)NC2CC2c2ccc(-c3ncn(-c4ccc(OC(F)(F)F)cc4)n3)cc2)c(C(C)C)c1. The van der Waals surface area contributed by atoms with Crippen molar-refractivity contribution in [1.29, 1.82) is 0 Å². The van der Waals surface area contributed by atoms with E-state index in [0.29, 0.717) is 28.1 Å². The first kappa shape index (κ1) is 31.1. The van der Waals surface area contributed by atoms with Crippen LogP contribution in [0.3, 0.4) is 0 Å². The fraction of sp³-hybridized carbons (Fsp3) is 0.281. The maximum Gasteiger partial charge on any atom is 0.573 e. The van der Waals surface area contributed by atoms with Crippen molar-refractivity contribution in [3.05, 3.63) is 84.2 Å². The summed E-state index contributed by atoms with van der Waals surface area (Å²) >= 11 is 1.23. The molecule has 10 nitrogen and oxygen atoms in total. The van der Waals surface area contributed by atoms with Gasteiger partial charge in [-0.05, 0) is 65.9 Å². The summed E-state index contributed by atoms with van der Waals surface area (Å²) in [5.41, 5.74) is 3.93. The van der Waals surface area contributed by atoms with Crippen molar-refractivity contribution in [2.45, 2.75) is 44.5 Å². The summed E-state index contributed by atoms with van der Waals surface area (Å²) in [6.45, 7) is 4.06. The van der Waals surface area contributed by atoms with Gasteiger partial charge in [0, 0.05) is 17.5 Å². The number of thioether (sulfide) groups is 1. The molecule has 14 heteroatoms. The highest BCUT2D eigenvalue weighted by Gasteiger charge is 2.40. The van der Waals surface area contributed by atoms with E-state index in [1.165, 1.54) is 51.9 Å². The number of ether oxygens (including phenoxy) is 2. The molecular weight excluding hydrogens is 621 g/mol. The molecule has 1 saturated carbocycles.